The van der Waals surface area contributed by atoms with Gasteiger partial charge in [0.1, 0.15) is 0 Å². The summed E-state index contributed by atoms with van der Waals surface area (Å²) in [6, 6.07) is 2.16. The molecule has 2 fully saturated rings. The molecule has 0 radical (unpaired) electrons. The van der Waals surface area contributed by atoms with Gasteiger partial charge in [-0.05, 0) is 37.5 Å². The molecule has 0 spiro atoms. The molecule has 2 rings (SSSR count). The van der Waals surface area contributed by atoms with Crippen molar-refractivity contribution in [1.29, 1.82) is 0 Å². The molecule has 2 heteroatoms. The molecule has 0 aromatic heterocycles. The second-order valence-electron chi connectivity index (χ2n) is 8.63. The molecule has 1 saturated heterocycles. The second kappa shape index (κ2) is 7.46. The van der Waals surface area contributed by atoms with Gasteiger partial charge in [0.25, 0.3) is 0 Å². The highest BCUT2D eigenvalue weighted by Crippen LogP contribution is 2.34. The first-order valence-electron chi connectivity index (χ1n) is 9.42. The van der Waals surface area contributed by atoms with Crippen LogP contribution in [-0.4, -0.2) is 36.1 Å². The number of piperazine rings is 1. The average Bonchev–Trinajstić information content (AvgIpc) is 2.47. The molecule has 1 N–H and O–H groups in total. The number of nitrogens with one attached hydrogen (secondary N) is 1. The normalized spacial score (nSPS) is 31.3. The molecule has 124 valence electrons. The Morgan fingerprint density at radius 1 is 1.14 bits per heavy atom. The molecule has 21 heavy (non-hydrogen) atoms. The topological polar surface area (TPSA) is 15.3 Å². The molecule has 0 aromatic carbocycles. The minimum Gasteiger partial charge on any atom is -0.311 e. The summed E-state index contributed by atoms with van der Waals surface area (Å²) >= 11 is 0. The lowest BCUT2D eigenvalue weighted by molar-refractivity contribution is 0.0156. The molecule has 1 heterocycles. The molecule has 3 atom stereocenters. The quantitative estimate of drug-likeness (QED) is 0.824. The van der Waals surface area contributed by atoms with E-state index >= 15 is 0 Å². The predicted molar refractivity (Wildman–Crippen MR) is 92.7 cm³/mol. The SMILES string of the molecule is CCCC(C)N1CC(C(C)(C)C)NCC1C1CCCCC1. The number of hydrogen-bond donors (Lipinski definition) is 1. The molecular formula is C19H38N2. The molecule has 2 nitrogen and oxygen atoms in total. The highest BCUT2D eigenvalue weighted by atomic mass is 15.3. The Bertz CT molecular complexity index is 301. The summed E-state index contributed by atoms with van der Waals surface area (Å²) in [6.45, 7) is 14.4. The standard InChI is InChI=1S/C19H38N2/c1-6-10-15(2)21-14-18(19(3,4)5)20-13-17(21)16-11-8-7-9-12-16/h15-18,20H,6-14H2,1-5H3. The van der Waals surface area contributed by atoms with E-state index in [4.69, 9.17) is 0 Å². The van der Waals surface area contributed by atoms with Crippen molar-refractivity contribution in [1.82, 2.24) is 10.2 Å². The van der Waals surface area contributed by atoms with Crippen LogP contribution >= 0.6 is 0 Å². The molecule has 2 aliphatic rings. The average molecular weight is 295 g/mol. The molecule has 3 unspecified atom stereocenters. The van der Waals surface area contributed by atoms with E-state index < -0.39 is 0 Å². The van der Waals surface area contributed by atoms with Gasteiger partial charge in [0.2, 0.25) is 0 Å². The summed E-state index contributed by atoms with van der Waals surface area (Å²) in [7, 11) is 0. The molecular weight excluding hydrogens is 256 g/mol. The molecule has 1 saturated carbocycles. The van der Waals surface area contributed by atoms with Crippen LogP contribution in [0.15, 0.2) is 0 Å². The lowest BCUT2D eigenvalue weighted by Crippen LogP contribution is -2.64. The molecule has 1 aliphatic carbocycles. The summed E-state index contributed by atoms with van der Waals surface area (Å²) in [5, 5.41) is 3.89. The summed E-state index contributed by atoms with van der Waals surface area (Å²) in [5.74, 6) is 0.937. The lowest BCUT2D eigenvalue weighted by Gasteiger charge is -2.50. The van der Waals surface area contributed by atoms with Gasteiger partial charge in [-0.25, -0.2) is 0 Å². The van der Waals surface area contributed by atoms with Gasteiger partial charge in [0.05, 0.1) is 0 Å². The third kappa shape index (κ3) is 4.45. The van der Waals surface area contributed by atoms with Crippen molar-refractivity contribution in [2.24, 2.45) is 11.3 Å². The van der Waals surface area contributed by atoms with Gasteiger partial charge in [-0.1, -0.05) is 53.4 Å². The smallest absolute Gasteiger partial charge is 0.0252 e. The van der Waals surface area contributed by atoms with Crippen molar-refractivity contribution < 1.29 is 0 Å². The zero-order valence-corrected chi connectivity index (χ0v) is 15.1. The van der Waals surface area contributed by atoms with Gasteiger partial charge < -0.3 is 5.32 Å². The molecule has 0 aromatic rings. The molecule has 1 aliphatic heterocycles. The van der Waals surface area contributed by atoms with Crippen LogP contribution in [0.1, 0.15) is 79.6 Å². The zero-order chi connectivity index (χ0) is 15.5. The van der Waals surface area contributed by atoms with Crippen LogP contribution in [0.4, 0.5) is 0 Å². The van der Waals surface area contributed by atoms with Gasteiger partial charge >= 0.3 is 0 Å². The summed E-state index contributed by atoms with van der Waals surface area (Å²) < 4.78 is 0. The van der Waals surface area contributed by atoms with E-state index in [0.717, 1.165) is 18.0 Å². The first kappa shape index (κ1) is 17.3. The number of nitrogens with zero attached hydrogens (tertiary/aromatic N) is 1. The largest absolute Gasteiger partial charge is 0.311 e. The summed E-state index contributed by atoms with van der Waals surface area (Å²) in [4.78, 5) is 2.88. The fraction of sp³-hybridized carbons (Fsp3) is 1.00. The van der Waals surface area contributed by atoms with Gasteiger partial charge in [-0.2, -0.15) is 0 Å². The minimum absolute atomic E-state index is 0.363. The third-order valence-electron chi connectivity index (χ3n) is 5.90. The maximum absolute atomic E-state index is 3.89. The van der Waals surface area contributed by atoms with E-state index in [2.05, 4.69) is 44.8 Å². The van der Waals surface area contributed by atoms with Crippen LogP contribution in [-0.2, 0) is 0 Å². The van der Waals surface area contributed by atoms with Crippen molar-refractivity contribution in [3.63, 3.8) is 0 Å². The Kier molecular flexibility index (Phi) is 6.14. The van der Waals surface area contributed by atoms with Crippen LogP contribution in [0.3, 0.4) is 0 Å². The Morgan fingerprint density at radius 2 is 1.81 bits per heavy atom. The van der Waals surface area contributed by atoms with E-state index in [1.807, 2.05) is 0 Å². The van der Waals surface area contributed by atoms with E-state index in [9.17, 15) is 0 Å². The van der Waals surface area contributed by atoms with Gasteiger partial charge in [0, 0.05) is 31.2 Å². The van der Waals surface area contributed by atoms with E-state index in [1.54, 1.807) is 0 Å². The van der Waals surface area contributed by atoms with E-state index in [1.165, 1.54) is 58.0 Å². The highest BCUT2D eigenvalue weighted by molar-refractivity contribution is 4.96. The number of hydrogen-bond acceptors (Lipinski definition) is 2. The molecule has 0 bridgehead atoms. The summed E-state index contributed by atoms with van der Waals surface area (Å²) in [5.41, 5.74) is 0.363. The van der Waals surface area contributed by atoms with Crippen LogP contribution in [0, 0.1) is 11.3 Å². The fourth-order valence-electron chi connectivity index (χ4n) is 4.42. The van der Waals surface area contributed by atoms with Crippen molar-refractivity contribution in [3.05, 3.63) is 0 Å². The van der Waals surface area contributed by atoms with Gasteiger partial charge in [-0.15, -0.1) is 0 Å². The number of rotatable bonds is 4. The van der Waals surface area contributed by atoms with Crippen LogP contribution in [0.5, 0.6) is 0 Å². The maximum Gasteiger partial charge on any atom is 0.0252 e. The first-order valence-corrected chi connectivity index (χ1v) is 9.42. The van der Waals surface area contributed by atoms with Crippen molar-refractivity contribution in [2.45, 2.75) is 97.7 Å². The third-order valence-corrected chi connectivity index (χ3v) is 5.90. The molecule has 0 amide bonds. The maximum atomic E-state index is 3.89. The Hall–Kier alpha value is -0.0800. The van der Waals surface area contributed by atoms with Crippen LogP contribution < -0.4 is 5.32 Å². The van der Waals surface area contributed by atoms with E-state index in [0.29, 0.717) is 11.5 Å². The second-order valence-corrected chi connectivity index (χ2v) is 8.63. The van der Waals surface area contributed by atoms with E-state index in [-0.39, 0.29) is 0 Å². The summed E-state index contributed by atoms with van der Waals surface area (Å²) in [6.07, 6.45) is 9.96. The first-order chi connectivity index (χ1) is 9.93. The Balaban J connectivity index is 2.07. The predicted octanol–water partition coefficient (Wildman–Crippen LogP) is 4.44. The van der Waals surface area contributed by atoms with Crippen molar-refractivity contribution in [3.8, 4) is 0 Å². The zero-order valence-electron chi connectivity index (χ0n) is 15.1. The Morgan fingerprint density at radius 3 is 2.38 bits per heavy atom. The van der Waals surface area contributed by atoms with Crippen LogP contribution in [0.2, 0.25) is 0 Å². The Labute approximate surface area is 133 Å². The minimum atomic E-state index is 0.363. The highest BCUT2D eigenvalue weighted by Gasteiger charge is 2.39. The lowest BCUT2D eigenvalue weighted by atomic mass is 9.78. The van der Waals surface area contributed by atoms with Crippen LogP contribution in [0.25, 0.3) is 0 Å². The van der Waals surface area contributed by atoms with Gasteiger partial charge in [0.15, 0.2) is 0 Å². The monoisotopic (exact) mass is 294 g/mol. The van der Waals surface area contributed by atoms with Gasteiger partial charge in [-0.3, -0.25) is 4.90 Å². The van der Waals surface area contributed by atoms with Crippen molar-refractivity contribution >= 4 is 0 Å². The fourth-order valence-corrected chi connectivity index (χ4v) is 4.42. The van der Waals surface area contributed by atoms with Crippen molar-refractivity contribution in [2.75, 3.05) is 13.1 Å².